The molecule has 0 aliphatic carbocycles. The van der Waals surface area contributed by atoms with Crippen molar-refractivity contribution in [2.24, 2.45) is 11.6 Å². The number of halogens is 1. The van der Waals surface area contributed by atoms with Gasteiger partial charge < -0.3 is 5.73 Å². The first kappa shape index (κ1) is 7.25. The summed E-state index contributed by atoms with van der Waals surface area (Å²) in [6, 6.07) is 0. The molecule has 0 spiro atoms. The Morgan fingerprint density at radius 1 is 1.71 bits per heavy atom. The zero-order valence-electron chi connectivity index (χ0n) is 5.90. The van der Waals surface area contributed by atoms with Crippen molar-refractivity contribution in [1.82, 2.24) is 0 Å². The fourth-order valence-electron chi connectivity index (χ4n) is 0.289. The van der Waals surface area contributed by atoms with Gasteiger partial charge in [-0.3, -0.25) is 0 Å². The summed E-state index contributed by atoms with van der Waals surface area (Å²) in [7, 11) is 0. The van der Waals surface area contributed by atoms with E-state index in [1.807, 2.05) is 13.8 Å². The second kappa shape index (κ2) is 6.25. The maximum absolute atomic E-state index is 7.25. The van der Waals surface area contributed by atoms with E-state index >= 15 is 0 Å². The van der Waals surface area contributed by atoms with Gasteiger partial charge in [0.2, 0.25) is 0 Å². The van der Waals surface area contributed by atoms with Gasteiger partial charge in [0.1, 0.15) is 0 Å². The predicted molar refractivity (Wildman–Crippen MR) is 35.8 cm³/mol. The highest BCUT2D eigenvalue weighted by Crippen LogP contribution is 1.93. The van der Waals surface area contributed by atoms with E-state index in [1.54, 1.807) is 0 Å². The minimum atomic E-state index is -0.325. The molecule has 0 amide bonds. The summed E-state index contributed by atoms with van der Waals surface area (Å²) in [5.74, 6) is -0.325. The monoisotopic (exact) mass is 124 g/mol. The molecule has 0 radical (unpaired) electrons. The van der Waals surface area contributed by atoms with E-state index in [1.165, 1.54) is 0 Å². The smallest absolute Gasteiger partial charge is 0.0297 e. The number of hydrogen-bond acceptors (Lipinski definition) is 1. The van der Waals surface area contributed by atoms with E-state index in [0.29, 0.717) is 6.54 Å². The van der Waals surface area contributed by atoms with E-state index in [2.05, 4.69) is 0 Å². The molecule has 0 aromatic rings. The van der Waals surface area contributed by atoms with Crippen molar-refractivity contribution in [2.45, 2.75) is 20.3 Å². The molecule has 2 N–H and O–H groups in total. The van der Waals surface area contributed by atoms with Gasteiger partial charge in [0.15, 0.2) is 0 Å². The molecule has 0 bridgehead atoms. The van der Waals surface area contributed by atoms with E-state index in [9.17, 15) is 0 Å². The van der Waals surface area contributed by atoms with Gasteiger partial charge in [-0.1, -0.05) is 13.8 Å². The van der Waals surface area contributed by atoms with Gasteiger partial charge in [-0.25, -0.2) is 0 Å². The van der Waals surface area contributed by atoms with Crippen molar-refractivity contribution in [2.75, 3.05) is 6.54 Å². The van der Waals surface area contributed by atoms with Crippen LogP contribution < -0.4 is 5.73 Å². The number of nitrogens with two attached hydrogens (primary N) is 1. The van der Waals surface area contributed by atoms with Crippen LogP contribution in [0.5, 0.6) is 0 Å². The molecule has 7 heavy (non-hydrogen) atoms. The molecule has 2 heteroatoms. The van der Waals surface area contributed by atoms with Gasteiger partial charge in [-0.15, -0.1) is 12.4 Å². The molecule has 0 aliphatic rings. The Bertz CT molecular complexity index is 50.9. The highest BCUT2D eigenvalue weighted by molar-refractivity contribution is 5.85. The normalized spacial score (nSPS) is 12.1. The molecule has 0 aliphatic heterocycles. The average molecular weight is 125 g/mol. The van der Waals surface area contributed by atoms with E-state index in [0.717, 1.165) is 6.42 Å². The lowest BCUT2D eigenvalue weighted by Gasteiger charge is -1.96. The molecule has 46 valence electrons. The molecular formula is C5H14ClN. The van der Waals surface area contributed by atoms with Crippen LogP contribution in [-0.4, -0.2) is 6.54 Å². The Morgan fingerprint density at radius 3 is 2.14 bits per heavy atom. The second-order valence-electron chi connectivity index (χ2n) is 1.75. The average Bonchev–Trinajstić information content (AvgIpc) is 1.30. The molecule has 0 heterocycles. The molecule has 0 saturated carbocycles. The fourth-order valence-corrected chi connectivity index (χ4v) is 0.289. The molecule has 1 nitrogen and oxygen atoms in total. The summed E-state index contributed by atoms with van der Waals surface area (Å²) >= 11 is 0. The van der Waals surface area contributed by atoms with Crippen LogP contribution in [0.25, 0.3) is 0 Å². The van der Waals surface area contributed by atoms with Crippen LogP contribution in [0.15, 0.2) is 0 Å². The van der Waals surface area contributed by atoms with Crippen molar-refractivity contribution in [3.63, 3.8) is 0 Å². The molecule has 0 aromatic carbocycles. The first-order valence-corrected chi connectivity index (χ1v) is 2.26. The summed E-state index contributed by atoms with van der Waals surface area (Å²) in [5, 5.41) is 0. The van der Waals surface area contributed by atoms with Crippen molar-refractivity contribution >= 4 is 12.4 Å². The third-order valence-corrected chi connectivity index (χ3v) is 0.644. The zero-order valence-corrected chi connectivity index (χ0v) is 5.72. The molecule has 0 unspecified atom stereocenters. The SMILES string of the molecule is Cl.[2H]C(C)(C)CCN. The predicted octanol–water partition coefficient (Wildman–Crippen LogP) is 1.41. The third-order valence-electron chi connectivity index (χ3n) is 0.644. The van der Waals surface area contributed by atoms with Gasteiger partial charge in [-0.05, 0) is 18.9 Å². The maximum atomic E-state index is 7.25. The van der Waals surface area contributed by atoms with Gasteiger partial charge >= 0.3 is 0 Å². The zero-order chi connectivity index (χ0) is 5.91. The lowest BCUT2D eigenvalue weighted by atomic mass is 10.1. The topological polar surface area (TPSA) is 26.0 Å². The lowest BCUT2D eigenvalue weighted by Crippen LogP contribution is -2.01. The van der Waals surface area contributed by atoms with Crippen LogP contribution in [0.1, 0.15) is 21.6 Å². The van der Waals surface area contributed by atoms with Crippen LogP contribution in [0, 0.1) is 5.89 Å². The Morgan fingerprint density at radius 2 is 2.14 bits per heavy atom. The fraction of sp³-hybridized carbons (Fsp3) is 1.00. The second-order valence-corrected chi connectivity index (χ2v) is 1.75. The Hall–Kier alpha value is 0.250. The first-order chi connectivity index (χ1) is 3.06. The largest absolute Gasteiger partial charge is 0.330 e. The standard InChI is InChI=1S/C5H13N.ClH/c1-5(2)3-4-6;/h5H,3-4,6H2,1-2H3;1H/i5D;. The van der Waals surface area contributed by atoms with E-state index in [-0.39, 0.29) is 18.3 Å². The minimum absolute atomic E-state index is 0. The van der Waals surface area contributed by atoms with Crippen LogP contribution in [0.4, 0.5) is 0 Å². The lowest BCUT2D eigenvalue weighted by molar-refractivity contribution is 0.596. The number of rotatable bonds is 2. The van der Waals surface area contributed by atoms with Gasteiger partial charge in [-0.2, -0.15) is 0 Å². The van der Waals surface area contributed by atoms with Gasteiger partial charge in [0, 0.05) is 1.37 Å². The summed E-state index contributed by atoms with van der Waals surface area (Å²) in [6.07, 6.45) is 0.785. The van der Waals surface area contributed by atoms with Crippen LogP contribution in [0.2, 0.25) is 0 Å². The third kappa shape index (κ3) is 10.7. The van der Waals surface area contributed by atoms with Gasteiger partial charge in [0.25, 0.3) is 0 Å². The van der Waals surface area contributed by atoms with Crippen molar-refractivity contribution in [3.05, 3.63) is 0 Å². The molecule has 0 rings (SSSR count). The molecule has 0 aromatic heterocycles. The Kier molecular flexibility index (Phi) is 6.47. The number of hydrogen-bond donors (Lipinski definition) is 1. The highest BCUT2D eigenvalue weighted by atomic mass is 35.5. The molecule has 0 atom stereocenters. The molecule has 0 fully saturated rings. The summed E-state index contributed by atoms with van der Waals surface area (Å²) < 4.78 is 7.25. The van der Waals surface area contributed by atoms with Gasteiger partial charge in [0.05, 0.1) is 0 Å². The molecular weight excluding hydrogens is 110 g/mol. The van der Waals surface area contributed by atoms with Crippen molar-refractivity contribution in [3.8, 4) is 0 Å². The van der Waals surface area contributed by atoms with Crippen LogP contribution in [0.3, 0.4) is 0 Å². The first-order valence-electron chi connectivity index (χ1n) is 2.76. The summed E-state index contributed by atoms with van der Waals surface area (Å²) in [6.45, 7) is 4.34. The van der Waals surface area contributed by atoms with Crippen molar-refractivity contribution in [1.29, 1.82) is 0 Å². The summed E-state index contributed by atoms with van der Waals surface area (Å²) in [4.78, 5) is 0. The minimum Gasteiger partial charge on any atom is -0.330 e. The maximum Gasteiger partial charge on any atom is 0.0297 e. The van der Waals surface area contributed by atoms with E-state index < -0.39 is 0 Å². The summed E-state index contributed by atoms with van der Waals surface area (Å²) in [5.41, 5.74) is 5.19. The highest BCUT2D eigenvalue weighted by Gasteiger charge is 1.85. The van der Waals surface area contributed by atoms with Crippen LogP contribution >= 0.6 is 12.4 Å². The quantitative estimate of drug-likeness (QED) is 0.592. The van der Waals surface area contributed by atoms with Crippen LogP contribution in [-0.2, 0) is 0 Å². The Labute approximate surface area is 53.1 Å². The van der Waals surface area contributed by atoms with E-state index in [4.69, 9.17) is 7.10 Å². The molecule has 0 saturated heterocycles. The Balaban J connectivity index is 0. The van der Waals surface area contributed by atoms with Crippen molar-refractivity contribution < 1.29 is 1.37 Å².